The molecule has 1 N–H and O–H groups in total. The molecule has 16 heavy (non-hydrogen) atoms. The molecule has 0 spiro atoms. The summed E-state index contributed by atoms with van der Waals surface area (Å²) in [6.45, 7) is 5.75. The van der Waals surface area contributed by atoms with E-state index >= 15 is 0 Å². The molecule has 0 aliphatic carbocycles. The van der Waals surface area contributed by atoms with Crippen LogP contribution < -0.4 is 4.90 Å². The van der Waals surface area contributed by atoms with E-state index in [4.69, 9.17) is 0 Å². The van der Waals surface area contributed by atoms with Gasteiger partial charge in [0.15, 0.2) is 0 Å². The second-order valence-corrected chi connectivity index (χ2v) is 4.63. The summed E-state index contributed by atoms with van der Waals surface area (Å²) in [4.78, 5) is 10.8. The van der Waals surface area contributed by atoms with Gasteiger partial charge in [0.1, 0.15) is 0 Å². The van der Waals surface area contributed by atoms with Gasteiger partial charge in [-0.2, -0.15) is 0 Å². The minimum atomic E-state index is -0.193. The molecule has 0 saturated carbocycles. The first kappa shape index (κ1) is 11.3. The summed E-state index contributed by atoms with van der Waals surface area (Å²) >= 11 is 0. The number of rotatable bonds is 2. The van der Waals surface area contributed by atoms with Crippen LogP contribution in [0.5, 0.6) is 0 Å². The van der Waals surface area contributed by atoms with Crippen molar-refractivity contribution in [3.8, 4) is 0 Å². The van der Waals surface area contributed by atoms with Crippen LogP contribution in [0.25, 0.3) is 0 Å². The minimum Gasteiger partial charge on any atom is -0.393 e. The quantitative estimate of drug-likeness (QED) is 0.819. The largest absolute Gasteiger partial charge is 0.393 e. The molecule has 4 nitrogen and oxygen atoms in total. The highest BCUT2D eigenvalue weighted by atomic mass is 16.3. The highest BCUT2D eigenvalue weighted by Gasteiger charge is 2.23. The molecular weight excluding hydrogens is 202 g/mol. The van der Waals surface area contributed by atoms with Crippen LogP contribution in [-0.4, -0.2) is 34.3 Å². The molecule has 0 aromatic carbocycles. The maximum Gasteiger partial charge on any atom is 0.225 e. The first-order valence-corrected chi connectivity index (χ1v) is 5.88. The van der Waals surface area contributed by atoms with Crippen molar-refractivity contribution in [2.75, 3.05) is 18.0 Å². The van der Waals surface area contributed by atoms with Gasteiger partial charge < -0.3 is 10.0 Å². The predicted octanol–water partition coefficient (Wildman–Crippen LogP) is 1.38. The Bertz CT molecular complexity index is 329. The minimum absolute atomic E-state index is 0.193. The number of aryl methyl sites for hydroxylation is 1. The second kappa shape index (κ2) is 4.78. The standard InChI is InChI=1S/C12H19N3O/c1-9-7-13-12(14-8-9)15-5-3-11(4-6-15)10(2)16/h7-8,10-11,16H,3-6H2,1-2H3. The van der Waals surface area contributed by atoms with Crippen molar-refractivity contribution < 1.29 is 5.11 Å². The lowest BCUT2D eigenvalue weighted by atomic mass is 9.92. The molecule has 2 rings (SSSR count). The third kappa shape index (κ3) is 2.50. The first-order valence-electron chi connectivity index (χ1n) is 5.88. The fourth-order valence-corrected chi connectivity index (χ4v) is 2.13. The van der Waals surface area contributed by atoms with Gasteiger partial charge in [-0.3, -0.25) is 0 Å². The lowest BCUT2D eigenvalue weighted by Gasteiger charge is -2.33. The molecule has 1 aromatic rings. The average Bonchev–Trinajstić information content (AvgIpc) is 2.30. The molecule has 2 heterocycles. The van der Waals surface area contributed by atoms with E-state index in [9.17, 15) is 5.11 Å². The van der Waals surface area contributed by atoms with E-state index in [1.165, 1.54) is 0 Å². The Labute approximate surface area is 96.3 Å². The summed E-state index contributed by atoms with van der Waals surface area (Å²) in [6.07, 6.45) is 5.55. The third-order valence-corrected chi connectivity index (χ3v) is 3.27. The van der Waals surface area contributed by atoms with Crippen molar-refractivity contribution in [3.63, 3.8) is 0 Å². The molecule has 0 bridgehead atoms. The molecule has 1 aromatic heterocycles. The Balaban J connectivity index is 1.96. The number of aromatic nitrogens is 2. The number of hydrogen-bond acceptors (Lipinski definition) is 4. The van der Waals surface area contributed by atoms with E-state index in [0.29, 0.717) is 5.92 Å². The van der Waals surface area contributed by atoms with Crippen LogP contribution in [0.15, 0.2) is 12.4 Å². The number of aliphatic hydroxyl groups is 1. The topological polar surface area (TPSA) is 49.2 Å². The summed E-state index contributed by atoms with van der Waals surface area (Å²) < 4.78 is 0. The van der Waals surface area contributed by atoms with Gasteiger partial charge in [0.2, 0.25) is 5.95 Å². The Hall–Kier alpha value is -1.16. The second-order valence-electron chi connectivity index (χ2n) is 4.63. The number of piperidine rings is 1. The van der Waals surface area contributed by atoms with Crippen LogP contribution >= 0.6 is 0 Å². The molecule has 0 radical (unpaired) electrons. The maximum atomic E-state index is 9.52. The number of aliphatic hydroxyl groups excluding tert-OH is 1. The van der Waals surface area contributed by atoms with E-state index in [0.717, 1.165) is 37.4 Å². The molecule has 4 heteroatoms. The third-order valence-electron chi connectivity index (χ3n) is 3.27. The molecule has 1 atom stereocenters. The van der Waals surface area contributed by atoms with Crippen molar-refractivity contribution in [1.29, 1.82) is 0 Å². The summed E-state index contributed by atoms with van der Waals surface area (Å²) in [5, 5.41) is 9.52. The van der Waals surface area contributed by atoms with Gasteiger partial charge in [-0.25, -0.2) is 9.97 Å². The molecule has 1 fully saturated rings. The van der Waals surface area contributed by atoms with Gasteiger partial charge in [-0.05, 0) is 38.2 Å². The number of anilines is 1. The van der Waals surface area contributed by atoms with Crippen LogP contribution in [0.2, 0.25) is 0 Å². The van der Waals surface area contributed by atoms with Crippen LogP contribution in [0.3, 0.4) is 0 Å². The molecular formula is C12H19N3O. The molecule has 1 aliphatic rings. The van der Waals surface area contributed by atoms with Crippen LogP contribution in [-0.2, 0) is 0 Å². The smallest absolute Gasteiger partial charge is 0.225 e. The van der Waals surface area contributed by atoms with Crippen LogP contribution in [0, 0.1) is 12.8 Å². The van der Waals surface area contributed by atoms with Crippen molar-refractivity contribution in [2.45, 2.75) is 32.8 Å². The zero-order chi connectivity index (χ0) is 11.5. The van der Waals surface area contributed by atoms with E-state index in [-0.39, 0.29) is 6.10 Å². The molecule has 88 valence electrons. The highest BCUT2D eigenvalue weighted by molar-refractivity contribution is 5.30. The number of hydrogen-bond donors (Lipinski definition) is 1. The zero-order valence-electron chi connectivity index (χ0n) is 9.93. The Morgan fingerprint density at radius 3 is 2.38 bits per heavy atom. The fraction of sp³-hybridized carbons (Fsp3) is 0.667. The van der Waals surface area contributed by atoms with Crippen LogP contribution in [0.1, 0.15) is 25.3 Å². The van der Waals surface area contributed by atoms with Crippen molar-refractivity contribution >= 4 is 5.95 Å². The predicted molar refractivity (Wildman–Crippen MR) is 63.4 cm³/mol. The normalized spacial score (nSPS) is 19.8. The Morgan fingerprint density at radius 2 is 1.88 bits per heavy atom. The van der Waals surface area contributed by atoms with Gasteiger partial charge in [0.25, 0.3) is 0 Å². The van der Waals surface area contributed by atoms with Gasteiger partial charge in [-0.1, -0.05) is 0 Å². The monoisotopic (exact) mass is 221 g/mol. The van der Waals surface area contributed by atoms with E-state index in [1.54, 1.807) is 0 Å². The molecule has 1 unspecified atom stereocenters. The van der Waals surface area contributed by atoms with Gasteiger partial charge in [0.05, 0.1) is 6.10 Å². The van der Waals surface area contributed by atoms with E-state index in [2.05, 4.69) is 14.9 Å². The SMILES string of the molecule is Cc1cnc(N2CCC(C(C)O)CC2)nc1. The summed E-state index contributed by atoms with van der Waals surface area (Å²) in [5.74, 6) is 1.25. The highest BCUT2D eigenvalue weighted by Crippen LogP contribution is 2.22. The van der Waals surface area contributed by atoms with Gasteiger partial charge in [-0.15, -0.1) is 0 Å². The zero-order valence-corrected chi connectivity index (χ0v) is 9.93. The van der Waals surface area contributed by atoms with Crippen molar-refractivity contribution in [1.82, 2.24) is 9.97 Å². The summed E-state index contributed by atoms with van der Waals surface area (Å²) in [6, 6.07) is 0. The van der Waals surface area contributed by atoms with E-state index < -0.39 is 0 Å². The molecule has 0 amide bonds. The van der Waals surface area contributed by atoms with Crippen LogP contribution in [0.4, 0.5) is 5.95 Å². The van der Waals surface area contributed by atoms with E-state index in [1.807, 2.05) is 26.2 Å². The lowest BCUT2D eigenvalue weighted by molar-refractivity contribution is 0.109. The Kier molecular flexibility index (Phi) is 3.39. The fourth-order valence-electron chi connectivity index (χ4n) is 2.13. The Morgan fingerprint density at radius 1 is 1.31 bits per heavy atom. The molecule has 1 saturated heterocycles. The number of nitrogens with zero attached hydrogens (tertiary/aromatic N) is 3. The summed E-state index contributed by atoms with van der Waals surface area (Å²) in [7, 11) is 0. The molecule has 1 aliphatic heterocycles. The van der Waals surface area contributed by atoms with Gasteiger partial charge in [0, 0.05) is 25.5 Å². The lowest BCUT2D eigenvalue weighted by Crippen LogP contribution is -2.37. The van der Waals surface area contributed by atoms with Crippen molar-refractivity contribution in [2.24, 2.45) is 5.92 Å². The maximum absolute atomic E-state index is 9.52. The van der Waals surface area contributed by atoms with Gasteiger partial charge >= 0.3 is 0 Å². The first-order chi connectivity index (χ1) is 7.66. The summed E-state index contributed by atoms with van der Waals surface area (Å²) in [5.41, 5.74) is 1.09. The van der Waals surface area contributed by atoms with Crippen molar-refractivity contribution in [3.05, 3.63) is 18.0 Å². The average molecular weight is 221 g/mol.